The van der Waals surface area contributed by atoms with Crippen molar-refractivity contribution in [3.63, 3.8) is 0 Å². The molecule has 1 amide bonds. The summed E-state index contributed by atoms with van der Waals surface area (Å²) >= 11 is 3.41. The monoisotopic (exact) mass is 510 g/mol. The summed E-state index contributed by atoms with van der Waals surface area (Å²) in [5.41, 5.74) is 2.19. The lowest BCUT2D eigenvalue weighted by Gasteiger charge is -2.15. The van der Waals surface area contributed by atoms with E-state index in [9.17, 15) is 18.4 Å². The van der Waals surface area contributed by atoms with Crippen molar-refractivity contribution in [1.29, 1.82) is 0 Å². The van der Waals surface area contributed by atoms with Gasteiger partial charge in [0.25, 0.3) is 5.91 Å². The van der Waals surface area contributed by atoms with Gasteiger partial charge in [0.05, 0.1) is 35.1 Å². The highest BCUT2D eigenvalue weighted by molar-refractivity contribution is 9.10. The van der Waals surface area contributed by atoms with E-state index in [-0.39, 0.29) is 16.8 Å². The highest BCUT2D eigenvalue weighted by Gasteiger charge is 2.21. The molecule has 4 rings (SSSR count). The molecule has 0 unspecified atom stereocenters. The maximum atomic E-state index is 14.6. The molecular formula is C25H17BrF2N2O3. The van der Waals surface area contributed by atoms with Crippen LogP contribution in [0.2, 0.25) is 0 Å². The molecule has 0 aliphatic heterocycles. The Bertz CT molecular complexity index is 1420. The summed E-state index contributed by atoms with van der Waals surface area (Å²) in [6, 6.07) is 14.9. The average Bonchev–Trinajstić information content (AvgIpc) is 2.79. The van der Waals surface area contributed by atoms with Crippen molar-refractivity contribution in [3.05, 3.63) is 93.5 Å². The Morgan fingerprint density at radius 3 is 2.52 bits per heavy atom. The van der Waals surface area contributed by atoms with E-state index in [4.69, 9.17) is 0 Å². The van der Waals surface area contributed by atoms with Crippen LogP contribution in [0.15, 0.2) is 65.1 Å². The van der Waals surface area contributed by atoms with Gasteiger partial charge in [-0.3, -0.25) is 4.79 Å². The molecule has 0 saturated carbocycles. The van der Waals surface area contributed by atoms with Crippen LogP contribution in [-0.4, -0.2) is 24.0 Å². The van der Waals surface area contributed by atoms with Crippen LogP contribution in [0.5, 0.6) is 0 Å². The third kappa shape index (κ3) is 4.47. The number of hydrogen-bond acceptors (Lipinski definition) is 4. The summed E-state index contributed by atoms with van der Waals surface area (Å²) in [6.45, 7) is 1.71. The smallest absolute Gasteiger partial charge is 0.337 e. The van der Waals surface area contributed by atoms with Gasteiger partial charge in [-0.2, -0.15) is 0 Å². The molecule has 33 heavy (non-hydrogen) atoms. The number of hydrogen-bond donors (Lipinski definition) is 1. The van der Waals surface area contributed by atoms with Crippen molar-refractivity contribution in [2.45, 2.75) is 6.92 Å². The van der Waals surface area contributed by atoms with Gasteiger partial charge < -0.3 is 10.1 Å². The molecule has 166 valence electrons. The zero-order chi connectivity index (χ0) is 23.7. The Kier molecular flexibility index (Phi) is 6.20. The molecular weight excluding hydrogens is 494 g/mol. The first-order valence-corrected chi connectivity index (χ1v) is 10.6. The Labute approximate surface area is 196 Å². The van der Waals surface area contributed by atoms with Crippen LogP contribution in [0.1, 0.15) is 26.3 Å². The Balaban J connectivity index is 1.84. The van der Waals surface area contributed by atoms with Gasteiger partial charge in [-0.15, -0.1) is 0 Å². The second-order valence-electron chi connectivity index (χ2n) is 7.27. The number of pyridine rings is 1. The number of aromatic nitrogens is 1. The Morgan fingerprint density at radius 2 is 1.82 bits per heavy atom. The SMILES string of the molecule is COC(=O)c1ccc(NC(=O)c2c(C)c(-c3cccc(F)c3)nc3ccc(Br)cc23)c(F)c1. The highest BCUT2D eigenvalue weighted by atomic mass is 79.9. The van der Waals surface area contributed by atoms with E-state index in [1.54, 1.807) is 37.3 Å². The number of ether oxygens (including phenoxy) is 1. The van der Waals surface area contributed by atoms with Crippen molar-refractivity contribution in [2.24, 2.45) is 0 Å². The maximum absolute atomic E-state index is 14.6. The van der Waals surface area contributed by atoms with E-state index < -0.39 is 23.5 Å². The lowest BCUT2D eigenvalue weighted by molar-refractivity contribution is 0.0600. The van der Waals surface area contributed by atoms with E-state index in [1.165, 1.54) is 31.4 Å². The molecule has 0 fully saturated rings. The fourth-order valence-corrected chi connectivity index (χ4v) is 3.95. The number of nitrogens with one attached hydrogen (secondary N) is 1. The van der Waals surface area contributed by atoms with Crippen LogP contribution in [-0.2, 0) is 4.74 Å². The normalized spacial score (nSPS) is 10.8. The number of esters is 1. The Hall–Kier alpha value is -3.65. The molecule has 0 spiro atoms. The van der Waals surface area contributed by atoms with Gasteiger partial charge in [-0.1, -0.05) is 28.1 Å². The highest BCUT2D eigenvalue weighted by Crippen LogP contribution is 2.32. The molecule has 1 aromatic heterocycles. The molecule has 0 aliphatic rings. The summed E-state index contributed by atoms with van der Waals surface area (Å²) < 4.78 is 33.8. The average molecular weight is 511 g/mol. The first-order valence-electron chi connectivity index (χ1n) is 9.83. The van der Waals surface area contributed by atoms with E-state index in [1.807, 2.05) is 0 Å². The van der Waals surface area contributed by atoms with Gasteiger partial charge in [0.1, 0.15) is 11.6 Å². The van der Waals surface area contributed by atoms with Gasteiger partial charge >= 0.3 is 5.97 Å². The third-order valence-corrected chi connectivity index (χ3v) is 5.65. The molecule has 0 radical (unpaired) electrons. The van der Waals surface area contributed by atoms with E-state index in [0.29, 0.717) is 27.7 Å². The van der Waals surface area contributed by atoms with Crippen molar-refractivity contribution in [2.75, 3.05) is 12.4 Å². The standard InChI is InChI=1S/C25H17BrF2N2O3/c1-13-22(24(31)30-21-8-6-15(11-19(21)28)25(32)33-2)18-12-16(26)7-9-20(18)29-23(13)14-4-3-5-17(27)10-14/h3-12H,1-2H3,(H,30,31). The lowest BCUT2D eigenvalue weighted by atomic mass is 9.97. The minimum atomic E-state index is -0.784. The maximum Gasteiger partial charge on any atom is 0.337 e. The minimum absolute atomic E-state index is 0.0239. The number of amides is 1. The van der Waals surface area contributed by atoms with E-state index in [0.717, 1.165) is 10.5 Å². The zero-order valence-electron chi connectivity index (χ0n) is 17.6. The van der Waals surface area contributed by atoms with E-state index >= 15 is 0 Å². The molecule has 1 N–H and O–H groups in total. The number of fused-ring (bicyclic) bond motifs is 1. The number of halogens is 3. The number of carbonyl (C=O) groups excluding carboxylic acids is 2. The third-order valence-electron chi connectivity index (χ3n) is 5.15. The van der Waals surface area contributed by atoms with Gasteiger partial charge in [-0.25, -0.2) is 18.6 Å². The molecule has 8 heteroatoms. The van der Waals surface area contributed by atoms with Crippen molar-refractivity contribution in [3.8, 4) is 11.3 Å². The van der Waals surface area contributed by atoms with Gasteiger partial charge in [0.2, 0.25) is 0 Å². The second-order valence-corrected chi connectivity index (χ2v) is 8.19. The minimum Gasteiger partial charge on any atom is -0.465 e. The molecule has 0 bridgehead atoms. The van der Waals surface area contributed by atoms with Crippen LogP contribution >= 0.6 is 15.9 Å². The van der Waals surface area contributed by atoms with Crippen LogP contribution in [0.3, 0.4) is 0 Å². The molecule has 3 aromatic carbocycles. The van der Waals surface area contributed by atoms with Crippen molar-refractivity contribution >= 4 is 44.4 Å². The van der Waals surface area contributed by atoms with E-state index in [2.05, 4.69) is 31.0 Å². The predicted molar refractivity (Wildman–Crippen MR) is 125 cm³/mol. The lowest BCUT2D eigenvalue weighted by Crippen LogP contribution is -2.16. The van der Waals surface area contributed by atoms with Gasteiger partial charge in [0.15, 0.2) is 0 Å². The fraction of sp³-hybridized carbons (Fsp3) is 0.0800. The molecule has 0 atom stereocenters. The van der Waals surface area contributed by atoms with Crippen LogP contribution in [0, 0.1) is 18.6 Å². The number of benzene rings is 3. The summed E-state index contributed by atoms with van der Waals surface area (Å²) in [7, 11) is 1.20. The molecule has 0 saturated heterocycles. The topological polar surface area (TPSA) is 68.3 Å². The van der Waals surface area contributed by atoms with Gasteiger partial charge in [0, 0.05) is 15.4 Å². The fourth-order valence-electron chi connectivity index (χ4n) is 3.59. The molecule has 4 aromatic rings. The van der Waals surface area contributed by atoms with Crippen LogP contribution in [0.4, 0.5) is 14.5 Å². The Morgan fingerprint density at radius 1 is 1.03 bits per heavy atom. The largest absolute Gasteiger partial charge is 0.465 e. The predicted octanol–water partition coefficient (Wildman–Crippen LogP) is 6.29. The quantitative estimate of drug-likeness (QED) is 0.327. The number of carbonyl (C=O) groups is 2. The number of nitrogens with zero attached hydrogens (tertiary/aromatic N) is 1. The molecule has 1 heterocycles. The van der Waals surface area contributed by atoms with Gasteiger partial charge in [-0.05, 0) is 61.0 Å². The molecule has 0 aliphatic carbocycles. The first kappa shape index (κ1) is 22.5. The summed E-state index contributed by atoms with van der Waals surface area (Å²) in [5.74, 6) is -2.47. The summed E-state index contributed by atoms with van der Waals surface area (Å²) in [5, 5.41) is 3.12. The van der Waals surface area contributed by atoms with Crippen molar-refractivity contribution in [1.82, 2.24) is 4.98 Å². The van der Waals surface area contributed by atoms with Crippen LogP contribution in [0.25, 0.3) is 22.2 Å². The number of anilines is 1. The summed E-state index contributed by atoms with van der Waals surface area (Å²) in [6.07, 6.45) is 0. The van der Waals surface area contributed by atoms with Crippen LogP contribution < -0.4 is 5.32 Å². The van der Waals surface area contributed by atoms with Crippen molar-refractivity contribution < 1.29 is 23.1 Å². The molecule has 5 nitrogen and oxygen atoms in total. The number of methoxy groups -OCH3 is 1. The number of rotatable bonds is 4. The zero-order valence-corrected chi connectivity index (χ0v) is 19.2. The summed E-state index contributed by atoms with van der Waals surface area (Å²) in [4.78, 5) is 29.6. The second kappa shape index (κ2) is 9.07. The first-order chi connectivity index (χ1) is 15.8.